The Bertz CT molecular complexity index is 342. The summed E-state index contributed by atoms with van der Waals surface area (Å²) in [6.45, 7) is 4.18. The molecule has 0 heterocycles. The van der Waals surface area contributed by atoms with Gasteiger partial charge in [0.05, 0.1) is 10.7 Å². The van der Waals surface area contributed by atoms with Gasteiger partial charge in [0.2, 0.25) is 0 Å². The third kappa shape index (κ3) is 2.50. The summed E-state index contributed by atoms with van der Waals surface area (Å²) in [6, 6.07) is 4.35. The van der Waals surface area contributed by atoms with E-state index in [1.807, 2.05) is 13.0 Å². The molecule has 0 N–H and O–H groups in total. The van der Waals surface area contributed by atoms with Gasteiger partial charge in [0.15, 0.2) is 0 Å². The van der Waals surface area contributed by atoms with E-state index in [-0.39, 0.29) is 0 Å². The molecular formula is C12H15IO. The molecule has 76 valence electrons. The minimum absolute atomic E-state index is 0.973. The van der Waals surface area contributed by atoms with Crippen molar-refractivity contribution in [2.24, 2.45) is 0 Å². The summed E-state index contributed by atoms with van der Waals surface area (Å²) in [7, 11) is 1.72. The first-order valence-electron chi connectivity index (χ1n) is 4.72. The normalized spacial score (nSPS) is 10.9. The van der Waals surface area contributed by atoms with Crippen LogP contribution in [-0.2, 0) is 6.42 Å². The Hall–Kier alpha value is -0.510. The third-order valence-electron chi connectivity index (χ3n) is 2.09. The monoisotopic (exact) mass is 302 g/mol. The molecule has 0 spiro atoms. The van der Waals surface area contributed by atoms with Crippen LogP contribution >= 0.6 is 22.6 Å². The maximum atomic E-state index is 5.37. The number of allylic oxidation sites excluding steroid dienone is 1. The van der Waals surface area contributed by atoms with Crippen molar-refractivity contribution >= 4 is 28.7 Å². The molecule has 0 aliphatic heterocycles. The number of benzene rings is 1. The average molecular weight is 302 g/mol. The predicted octanol–water partition coefficient (Wildman–Crippen LogP) is 3.90. The molecule has 0 amide bonds. The molecule has 2 heteroatoms. The van der Waals surface area contributed by atoms with E-state index < -0.39 is 0 Å². The van der Waals surface area contributed by atoms with Gasteiger partial charge in [-0.3, -0.25) is 0 Å². The van der Waals surface area contributed by atoms with Gasteiger partial charge in [-0.05, 0) is 53.6 Å². The van der Waals surface area contributed by atoms with Gasteiger partial charge in [-0.15, -0.1) is 0 Å². The van der Waals surface area contributed by atoms with Crippen LogP contribution in [0.4, 0.5) is 0 Å². The Morgan fingerprint density at radius 1 is 1.43 bits per heavy atom. The first-order valence-corrected chi connectivity index (χ1v) is 5.79. The quantitative estimate of drug-likeness (QED) is 0.770. The number of ether oxygens (including phenoxy) is 1. The highest BCUT2D eigenvalue weighted by Gasteiger charge is 2.06. The van der Waals surface area contributed by atoms with Crippen molar-refractivity contribution in [2.75, 3.05) is 7.11 Å². The van der Waals surface area contributed by atoms with Crippen LogP contribution < -0.4 is 4.74 Å². The van der Waals surface area contributed by atoms with Gasteiger partial charge in [-0.2, -0.15) is 0 Å². The lowest BCUT2D eigenvalue weighted by Crippen LogP contribution is -1.93. The van der Waals surface area contributed by atoms with E-state index in [2.05, 4.69) is 47.7 Å². The van der Waals surface area contributed by atoms with Crippen LogP contribution in [0.15, 0.2) is 18.2 Å². The lowest BCUT2D eigenvalue weighted by Gasteiger charge is -2.09. The maximum Gasteiger partial charge on any atom is 0.139 e. The van der Waals surface area contributed by atoms with Crippen LogP contribution in [0.5, 0.6) is 5.75 Å². The molecular weight excluding hydrogens is 287 g/mol. The molecule has 0 bridgehead atoms. The van der Waals surface area contributed by atoms with Crippen molar-refractivity contribution in [2.45, 2.75) is 20.3 Å². The number of methoxy groups -OCH3 is 1. The smallest absolute Gasteiger partial charge is 0.139 e. The van der Waals surface area contributed by atoms with Gasteiger partial charge in [0.25, 0.3) is 0 Å². The first-order chi connectivity index (χ1) is 6.72. The SMILES string of the molecule is C/C=C\c1cc(CC)cc(I)c1OC. The van der Waals surface area contributed by atoms with Crippen molar-refractivity contribution in [1.29, 1.82) is 0 Å². The molecule has 0 fully saturated rings. The van der Waals surface area contributed by atoms with Gasteiger partial charge >= 0.3 is 0 Å². The van der Waals surface area contributed by atoms with E-state index in [9.17, 15) is 0 Å². The molecule has 1 rings (SSSR count). The second kappa shape index (κ2) is 5.39. The Morgan fingerprint density at radius 3 is 2.64 bits per heavy atom. The summed E-state index contributed by atoms with van der Waals surface area (Å²) in [5.41, 5.74) is 2.52. The van der Waals surface area contributed by atoms with Crippen molar-refractivity contribution in [3.8, 4) is 5.75 Å². The Labute approximate surface area is 99.3 Å². The van der Waals surface area contributed by atoms with Gasteiger partial charge in [0.1, 0.15) is 5.75 Å². The molecule has 0 atom stereocenters. The van der Waals surface area contributed by atoms with Gasteiger partial charge in [-0.25, -0.2) is 0 Å². The van der Waals surface area contributed by atoms with Gasteiger partial charge < -0.3 is 4.74 Å². The van der Waals surface area contributed by atoms with E-state index in [1.54, 1.807) is 7.11 Å². The summed E-state index contributed by atoms with van der Waals surface area (Å²) in [5.74, 6) is 0.973. The maximum absolute atomic E-state index is 5.37. The van der Waals surface area contributed by atoms with Crippen molar-refractivity contribution < 1.29 is 4.74 Å². The van der Waals surface area contributed by atoms with E-state index in [1.165, 1.54) is 14.7 Å². The molecule has 0 radical (unpaired) electrons. The second-order valence-corrected chi connectivity index (χ2v) is 4.22. The summed E-state index contributed by atoms with van der Waals surface area (Å²) in [4.78, 5) is 0. The lowest BCUT2D eigenvalue weighted by atomic mass is 10.1. The standard InChI is InChI=1S/C12H15IO/c1-4-6-10-7-9(5-2)8-11(13)12(10)14-3/h4,6-8H,5H2,1-3H3/b6-4-. The van der Waals surface area contributed by atoms with Crippen LogP contribution in [0.25, 0.3) is 6.08 Å². The Kier molecular flexibility index (Phi) is 4.45. The van der Waals surface area contributed by atoms with Gasteiger partial charge in [-0.1, -0.05) is 19.1 Å². The number of hydrogen-bond acceptors (Lipinski definition) is 1. The molecule has 0 aromatic heterocycles. The van der Waals surface area contributed by atoms with Gasteiger partial charge in [0, 0.05) is 5.56 Å². The molecule has 14 heavy (non-hydrogen) atoms. The Balaban J connectivity index is 3.27. The summed E-state index contributed by atoms with van der Waals surface area (Å²) < 4.78 is 6.55. The van der Waals surface area contributed by atoms with Crippen LogP contribution in [0, 0.1) is 3.57 Å². The molecule has 0 aliphatic carbocycles. The molecule has 0 aliphatic rings. The summed E-state index contributed by atoms with van der Waals surface area (Å²) in [6.07, 6.45) is 5.18. The molecule has 1 aromatic carbocycles. The highest BCUT2D eigenvalue weighted by Crippen LogP contribution is 2.28. The molecule has 0 unspecified atom stereocenters. The minimum Gasteiger partial charge on any atom is -0.495 e. The van der Waals surface area contributed by atoms with E-state index in [4.69, 9.17) is 4.74 Å². The number of hydrogen-bond donors (Lipinski definition) is 0. The highest BCUT2D eigenvalue weighted by atomic mass is 127. The van der Waals surface area contributed by atoms with Crippen molar-refractivity contribution in [1.82, 2.24) is 0 Å². The molecule has 0 saturated carbocycles. The summed E-state index contributed by atoms with van der Waals surface area (Å²) >= 11 is 2.32. The summed E-state index contributed by atoms with van der Waals surface area (Å²) in [5, 5.41) is 0. The minimum atomic E-state index is 0.973. The zero-order valence-corrected chi connectivity index (χ0v) is 11.0. The van der Waals surface area contributed by atoms with Crippen LogP contribution in [-0.4, -0.2) is 7.11 Å². The van der Waals surface area contributed by atoms with Crippen molar-refractivity contribution in [3.63, 3.8) is 0 Å². The number of rotatable bonds is 3. The van der Waals surface area contributed by atoms with Crippen LogP contribution in [0.3, 0.4) is 0 Å². The molecule has 1 aromatic rings. The Morgan fingerprint density at radius 2 is 2.14 bits per heavy atom. The zero-order chi connectivity index (χ0) is 10.6. The second-order valence-electron chi connectivity index (χ2n) is 3.05. The van der Waals surface area contributed by atoms with E-state index in [0.29, 0.717) is 0 Å². The molecule has 0 saturated heterocycles. The lowest BCUT2D eigenvalue weighted by molar-refractivity contribution is 0.410. The fourth-order valence-electron chi connectivity index (χ4n) is 1.40. The topological polar surface area (TPSA) is 9.23 Å². The number of halogens is 1. The third-order valence-corrected chi connectivity index (χ3v) is 2.89. The largest absolute Gasteiger partial charge is 0.495 e. The first kappa shape index (κ1) is 11.6. The number of aryl methyl sites for hydroxylation is 1. The van der Waals surface area contributed by atoms with Crippen molar-refractivity contribution in [3.05, 3.63) is 32.9 Å². The molecule has 1 nitrogen and oxygen atoms in total. The zero-order valence-electron chi connectivity index (χ0n) is 8.80. The van der Waals surface area contributed by atoms with Crippen LogP contribution in [0.1, 0.15) is 25.0 Å². The fraction of sp³-hybridized carbons (Fsp3) is 0.333. The van der Waals surface area contributed by atoms with E-state index >= 15 is 0 Å². The predicted molar refractivity (Wildman–Crippen MR) is 69.8 cm³/mol. The van der Waals surface area contributed by atoms with Crippen LogP contribution in [0.2, 0.25) is 0 Å². The van der Waals surface area contributed by atoms with E-state index in [0.717, 1.165) is 12.2 Å². The average Bonchev–Trinajstić information content (AvgIpc) is 2.18. The highest BCUT2D eigenvalue weighted by molar-refractivity contribution is 14.1. The fourth-order valence-corrected chi connectivity index (χ4v) is 2.33.